The van der Waals surface area contributed by atoms with E-state index in [1.165, 1.54) is 43.5 Å². The summed E-state index contributed by atoms with van der Waals surface area (Å²) < 4.78 is 0. The molecule has 1 aliphatic carbocycles. The minimum absolute atomic E-state index is 0.0713. The van der Waals surface area contributed by atoms with Gasteiger partial charge >= 0.3 is 11.9 Å². The van der Waals surface area contributed by atoms with Crippen molar-refractivity contribution in [1.29, 1.82) is 0 Å². The van der Waals surface area contributed by atoms with E-state index in [0.29, 0.717) is 0 Å². The summed E-state index contributed by atoms with van der Waals surface area (Å²) >= 11 is 0. The lowest BCUT2D eigenvalue weighted by Gasteiger charge is -1.98. The third-order valence-electron chi connectivity index (χ3n) is 1.88. The van der Waals surface area contributed by atoms with Crippen LogP contribution < -0.4 is 0 Å². The lowest BCUT2D eigenvalue weighted by Crippen LogP contribution is -2.04. The zero-order valence-electron chi connectivity index (χ0n) is 8.96. The molecule has 6 heteroatoms. The van der Waals surface area contributed by atoms with E-state index in [-0.39, 0.29) is 11.1 Å². The Morgan fingerprint density at radius 2 is 1.12 bits per heavy atom. The highest BCUT2D eigenvalue weighted by Crippen LogP contribution is 2.14. The van der Waals surface area contributed by atoms with Crippen LogP contribution in [-0.2, 0) is 9.78 Å². The maximum absolute atomic E-state index is 10.7. The van der Waals surface area contributed by atoms with Gasteiger partial charge in [-0.25, -0.2) is 9.59 Å². The van der Waals surface area contributed by atoms with Crippen LogP contribution in [-0.4, -0.2) is 22.5 Å². The largest absolute Gasteiger partial charge is 0.372 e. The van der Waals surface area contributed by atoms with Gasteiger partial charge in [0.25, 0.3) is 0 Å². The van der Waals surface area contributed by atoms with Gasteiger partial charge in [0.15, 0.2) is 0 Å². The number of hydrogen-bond acceptors (Lipinski definition) is 6. The Morgan fingerprint density at radius 1 is 0.824 bits per heavy atom. The van der Waals surface area contributed by atoms with E-state index in [1.54, 1.807) is 0 Å². The monoisotopic (exact) mass is 240 g/mol. The molecule has 0 radical (unpaired) electrons. The lowest BCUT2D eigenvalue weighted by molar-refractivity contribution is -0.183. The van der Waals surface area contributed by atoms with E-state index in [9.17, 15) is 9.59 Å². The number of carbonyl (C=O) groups is 2. The van der Waals surface area contributed by atoms with Crippen molar-refractivity contribution >= 4 is 11.9 Å². The van der Waals surface area contributed by atoms with Crippen molar-refractivity contribution in [1.82, 2.24) is 0 Å². The van der Waals surface area contributed by atoms with Crippen LogP contribution in [0.5, 0.6) is 0 Å². The van der Waals surface area contributed by atoms with Crippen LogP contribution >= 0.6 is 0 Å². The number of carbonyl (C=O) groups excluding carboxylic acids is 2. The quantitative estimate of drug-likeness (QED) is 0.607. The van der Waals surface area contributed by atoms with Gasteiger partial charge in [-0.2, -0.15) is 10.5 Å². The van der Waals surface area contributed by atoms with Crippen LogP contribution in [0.4, 0.5) is 0 Å². The smallest absolute Gasteiger partial charge is 0.296 e. The molecule has 1 saturated carbocycles. The average Bonchev–Trinajstić information content (AvgIpc) is 3.25. The molecule has 0 bridgehead atoms. The zero-order valence-corrected chi connectivity index (χ0v) is 8.96. The number of hydrogen-bond donors (Lipinski definition) is 2. The summed E-state index contributed by atoms with van der Waals surface area (Å²) in [6.45, 7) is 0. The fourth-order valence-electron chi connectivity index (χ4n) is 0.848. The predicted octanol–water partition coefficient (Wildman–Crippen LogP) is 2.12. The van der Waals surface area contributed by atoms with Gasteiger partial charge in [-0.15, -0.1) is 0 Å². The molecule has 0 saturated heterocycles. The molecule has 1 aromatic carbocycles. The van der Waals surface area contributed by atoms with E-state index in [1.807, 2.05) is 0 Å². The van der Waals surface area contributed by atoms with Crippen molar-refractivity contribution in [2.75, 3.05) is 0 Å². The normalized spacial score (nSPS) is 11.9. The Bertz CT molecular complexity index is 344. The second-order valence-corrected chi connectivity index (χ2v) is 3.40. The lowest BCUT2D eigenvalue weighted by atomic mass is 10.1. The molecule has 0 unspecified atom stereocenters. The van der Waals surface area contributed by atoms with Crippen LogP contribution in [0, 0.1) is 0 Å². The van der Waals surface area contributed by atoms with Gasteiger partial charge in [-0.3, -0.25) is 9.78 Å². The molecule has 0 spiro atoms. The van der Waals surface area contributed by atoms with Crippen LogP contribution in [0.3, 0.4) is 0 Å². The summed E-state index contributed by atoms with van der Waals surface area (Å²) in [5, 5.41) is 16.1. The molecule has 2 rings (SSSR count). The molecular formula is C11H12O6. The zero-order chi connectivity index (χ0) is 12.7. The van der Waals surface area contributed by atoms with Crippen molar-refractivity contribution in [2.45, 2.75) is 19.3 Å². The molecule has 2 N–H and O–H groups in total. The van der Waals surface area contributed by atoms with Crippen LogP contribution in [0.15, 0.2) is 24.3 Å². The molecule has 92 valence electrons. The summed E-state index contributed by atoms with van der Waals surface area (Å²) in [7, 11) is 0. The second kappa shape index (κ2) is 6.62. The van der Waals surface area contributed by atoms with Crippen molar-refractivity contribution < 1.29 is 29.9 Å². The topological polar surface area (TPSA) is 93.1 Å². The average molecular weight is 240 g/mol. The van der Waals surface area contributed by atoms with Gasteiger partial charge in [0.2, 0.25) is 0 Å². The first kappa shape index (κ1) is 13.1. The number of benzene rings is 1. The molecule has 6 nitrogen and oxygen atoms in total. The standard InChI is InChI=1S/C8H6O6.C3H6/c9-7(13-11)5-1-2-6(4-3-5)8(10)14-12;1-2-3-1/h1-4,11-12H;1-3H2. The van der Waals surface area contributed by atoms with E-state index in [4.69, 9.17) is 10.5 Å². The van der Waals surface area contributed by atoms with Crippen LogP contribution in [0.2, 0.25) is 0 Å². The maximum atomic E-state index is 10.7. The highest BCUT2D eigenvalue weighted by Gasteiger charge is 2.10. The Kier molecular flexibility index (Phi) is 5.12. The maximum Gasteiger partial charge on any atom is 0.372 e. The van der Waals surface area contributed by atoms with Crippen LogP contribution in [0.1, 0.15) is 40.0 Å². The van der Waals surface area contributed by atoms with Gasteiger partial charge in [0.05, 0.1) is 11.1 Å². The molecule has 0 heterocycles. The molecule has 0 atom stereocenters. The third-order valence-corrected chi connectivity index (χ3v) is 1.88. The minimum Gasteiger partial charge on any atom is -0.296 e. The van der Waals surface area contributed by atoms with E-state index >= 15 is 0 Å². The predicted molar refractivity (Wildman–Crippen MR) is 56.4 cm³/mol. The molecular weight excluding hydrogens is 228 g/mol. The summed E-state index contributed by atoms with van der Waals surface area (Å²) in [6.07, 6.45) is 4.50. The Labute approximate surface area is 97.3 Å². The summed E-state index contributed by atoms with van der Waals surface area (Å²) in [5.74, 6) is -1.87. The Balaban J connectivity index is 0.000000415. The molecule has 0 aromatic heterocycles. The van der Waals surface area contributed by atoms with E-state index < -0.39 is 11.9 Å². The molecule has 1 aromatic rings. The van der Waals surface area contributed by atoms with Gasteiger partial charge < -0.3 is 0 Å². The highest BCUT2D eigenvalue weighted by atomic mass is 17.1. The third kappa shape index (κ3) is 4.62. The molecule has 0 amide bonds. The van der Waals surface area contributed by atoms with Gasteiger partial charge in [0, 0.05) is 0 Å². The van der Waals surface area contributed by atoms with E-state index in [0.717, 1.165) is 0 Å². The first-order chi connectivity index (χ1) is 8.19. The van der Waals surface area contributed by atoms with Gasteiger partial charge in [0.1, 0.15) is 0 Å². The van der Waals surface area contributed by atoms with Crippen molar-refractivity contribution in [3.8, 4) is 0 Å². The van der Waals surface area contributed by atoms with Gasteiger partial charge in [-0.1, -0.05) is 19.3 Å². The summed E-state index contributed by atoms with van der Waals surface area (Å²) in [6, 6.07) is 4.96. The second-order valence-electron chi connectivity index (χ2n) is 3.40. The molecule has 17 heavy (non-hydrogen) atoms. The first-order valence-electron chi connectivity index (χ1n) is 5.00. The minimum atomic E-state index is -0.936. The number of rotatable bonds is 2. The Hall–Kier alpha value is -1.92. The SMILES string of the molecule is C1CC1.O=C(OO)c1ccc(C(=O)OO)cc1. The van der Waals surface area contributed by atoms with Gasteiger partial charge in [-0.05, 0) is 24.3 Å². The molecule has 1 fully saturated rings. The fraction of sp³-hybridized carbons (Fsp3) is 0.273. The molecule has 1 aliphatic rings. The van der Waals surface area contributed by atoms with Crippen LogP contribution in [0.25, 0.3) is 0 Å². The van der Waals surface area contributed by atoms with E-state index in [2.05, 4.69) is 9.78 Å². The first-order valence-corrected chi connectivity index (χ1v) is 5.00. The van der Waals surface area contributed by atoms with Crippen molar-refractivity contribution in [3.63, 3.8) is 0 Å². The Morgan fingerprint density at radius 3 is 1.29 bits per heavy atom. The highest BCUT2D eigenvalue weighted by molar-refractivity contribution is 5.92. The van der Waals surface area contributed by atoms with Crippen molar-refractivity contribution in [3.05, 3.63) is 35.4 Å². The molecule has 0 aliphatic heterocycles. The summed E-state index contributed by atoms with van der Waals surface area (Å²) in [4.78, 5) is 28.4. The van der Waals surface area contributed by atoms with Crippen molar-refractivity contribution in [2.24, 2.45) is 0 Å². The fourth-order valence-corrected chi connectivity index (χ4v) is 0.848. The summed E-state index contributed by atoms with van der Waals surface area (Å²) in [5.41, 5.74) is 0.143.